The molecule has 0 aromatic carbocycles. The second kappa shape index (κ2) is 8.75. The Bertz CT molecular complexity index is 1150. The molecule has 0 radical (unpaired) electrons. The summed E-state index contributed by atoms with van der Waals surface area (Å²) in [6, 6.07) is 3.50. The predicted octanol–water partition coefficient (Wildman–Crippen LogP) is 4.41. The first-order valence-corrected chi connectivity index (χ1v) is 10.1. The second-order valence-electron chi connectivity index (χ2n) is 7.60. The van der Waals surface area contributed by atoms with Crippen LogP contribution in [0.15, 0.2) is 35.5 Å². The van der Waals surface area contributed by atoms with Crippen LogP contribution in [0.5, 0.6) is 0 Å². The van der Waals surface area contributed by atoms with Crippen LogP contribution in [0.25, 0.3) is 11.5 Å². The van der Waals surface area contributed by atoms with Crippen LogP contribution in [0.2, 0.25) is 0 Å². The lowest BCUT2D eigenvalue weighted by Crippen LogP contribution is -2.30. The number of alkyl halides is 5. The minimum atomic E-state index is -4.66. The van der Waals surface area contributed by atoms with E-state index in [1.54, 1.807) is 0 Å². The first-order chi connectivity index (χ1) is 15.2. The summed E-state index contributed by atoms with van der Waals surface area (Å²) in [5.74, 6) is -0.250. The Kier molecular flexibility index (Phi) is 6.02. The van der Waals surface area contributed by atoms with Crippen molar-refractivity contribution in [1.29, 1.82) is 0 Å². The smallest absolute Gasteiger partial charge is 0.267 e. The summed E-state index contributed by atoms with van der Waals surface area (Å²) in [5, 5.41) is 7.79. The molecular weight excluding hydrogens is 435 g/mol. The van der Waals surface area contributed by atoms with E-state index >= 15 is 0 Å². The van der Waals surface area contributed by atoms with Gasteiger partial charge in [-0.25, -0.2) is 9.67 Å². The third kappa shape index (κ3) is 4.53. The molecule has 0 amide bonds. The normalized spacial score (nSPS) is 15.4. The molecule has 4 rings (SSSR count). The summed E-state index contributed by atoms with van der Waals surface area (Å²) in [4.78, 5) is 20.8. The molecule has 3 aromatic rings. The molecule has 7 nitrogen and oxygen atoms in total. The van der Waals surface area contributed by atoms with Gasteiger partial charge < -0.3 is 0 Å². The Morgan fingerprint density at radius 2 is 1.84 bits per heavy atom. The molecule has 0 aliphatic heterocycles. The molecule has 0 unspecified atom stereocenters. The van der Waals surface area contributed by atoms with E-state index in [0.29, 0.717) is 10.2 Å². The van der Waals surface area contributed by atoms with Gasteiger partial charge in [0.25, 0.3) is 5.56 Å². The fourth-order valence-electron chi connectivity index (χ4n) is 3.94. The molecule has 1 saturated carbocycles. The first-order valence-electron chi connectivity index (χ1n) is 10.1. The Hall–Kier alpha value is -3.18. The van der Waals surface area contributed by atoms with E-state index in [-0.39, 0.29) is 23.1 Å². The van der Waals surface area contributed by atoms with Crippen LogP contribution in [0.3, 0.4) is 0 Å². The Balaban J connectivity index is 1.82. The Morgan fingerprint density at radius 1 is 1.09 bits per heavy atom. The van der Waals surface area contributed by atoms with Gasteiger partial charge in [-0.05, 0) is 37.0 Å². The van der Waals surface area contributed by atoms with Crippen molar-refractivity contribution in [2.45, 2.75) is 57.3 Å². The lowest BCUT2D eigenvalue weighted by atomic mass is 9.84. The van der Waals surface area contributed by atoms with Crippen LogP contribution in [-0.4, -0.2) is 29.5 Å². The molecule has 32 heavy (non-hydrogen) atoms. The van der Waals surface area contributed by atoms with Gasteiger partial charge in [0, 0.05) is 11.8 Å². The topological polar surface area (TPSA) is 78.5 Å². The lowest BCUT2D eigenvalue weighted by molar-refractivity contribution is -0.138. The van der Waals surface area contributed by atoms with Crippen LogP contribution in [-0.2, 0) is 12.7 Å². The van der Waals surface area contributed by atoms with E-state index in [4.69, 9.17) is 0 Å². The van der Waals surface area contributed by atoms with Crippen molar-refractivity contribution in [1.82, 2.24) is 29.5 Å². The van der Waals surface area contributed by atoms with Gasteiger partial charge in [0.05, 0.1) is 17.8 Å². The highest BCUT2D eigenvalue weighted by Gasteiger charge is 2.34. The fourth-order valence-corrected chi connectivity index (χ4v) is 3.94. The van der Waals surface area contributed by atoms with Gasteiger partial charge in [0.1, 0.15) is 12.0 Å². The fraction of sp³-hybridized carbons (Fsp3) is 0.450. The maximum atomic E-state index is 13.4. The third-order valence-corrected chi connectivity index (χ3v) is 5.48. The number of pyridine rings is 1. The number of nitrogens with zero attached hydrogens (tertiary/aromatic N) is 6. The highest BCUT2D eigenvalue weighted by molar-refractivity contribution is 5.49. The summed E-state index contributed by atoms with van der Waals surface area (Å²) in [7, 11) is 0. The average molecular weight is 454 g/mol. The monoisotopic (exact) mass is 454 g/mol. The molecule has 3 aromatic heterocycles. The molecule has 1 fully saturated rings. The van der Waals surface area contributed by atoms with E-state index < -0.39 is 30.4 Å². The minimum Gasteiger partial charge on any atom is -0.267 e. The van der Waals surface area contributed by atoms with Crippen LogP contribution < -0.4 is 5.56 Å². The van der Waals surface area contributed by atoms with Crippen LogP contribution in [0, 0.1) is 0 Å². The molecule has 0 atom stereocenters. The summed E-state index contributed by atoms with van der Waals surface area (Å²) < 4.78 is 67.3. The van der Waals surface area contributed by atoms with E-state index in [0.717, 1.165) is 55.2 Å². The molecule has 170 valence electrons. The molecule has 0 bridgehead atoms. The van der Waals surface area contributed by atoms with Crippen molar-refractivity contribution >= 4 is 0 Å². The first kappa shape index (κ1) is 22.0. The number of rotatable bonds is 5. The van der Waals surface area contributed by atoms with Crippen molar-refractivity contribution in [2.24, 2.45) is 0 Å². The number of aromatic nitrogens is 6. The maximum Gasteiger partial charge on any atom is 0.418 e. The summed E-state index contributed by atoms with van der Waals surface area (Å²) in [5.41, 5.74) is -1.47. The van der Waals surface area contributed by atoms with Crippen molar-refractivity contribution < 1.29 is 22.0 Å². The zero-order chi connectivity index (χ0) is 22.9. The van der Waals surface area contributed by atoms with Crippen LogP contribution in [0.4, 0.5) is 22.0 Å². The van der Waals surface area contributed by atoms with Gasteiger partial charge in [-0.15, -0.1) is 5.10 Å². The standard InChI is InChI=1S/C20H19F5N6O/c21-19(22)31-11-27-17(29-31)15-9-13(12-5-2-1-3-6-12)18(32)30(28-15)10-16-14(20(23,24)25)7-4-8-26-16/h4,7-9,11-12,19H,1-3,5-6,10H2. The summed E-state index contributed by atoms with van der Waals surface area (Å²) in [6.45, 7) is -3.44. The highest BCUT2D eigenvalue weighted by Crippen LogP contribution is 2.33. The molecule has 12 heteroatoms. The molecule has 0 N–H and O–H groups in total. The van der Waals surface area contributed by atoms with Gasteiger partial charge >= 0.3 is 12.7 Å². The van der Waals surface area contributed by atoms with Crippen molar-refractivity contribution in [2.75, 3.05) is 0 Å². The second-order valence-corrected chi connectivity index (χ2v) is 7.60. The Labute approximate surface area is 178 Å². The quantitative estimate of drug-likeness (QED) is 0.534. The lowest BCUT2D eigenvalue weighted by Gasteiger charge is -2.22. The third-order valence-electron chi connectivity index (χ3n) is 5.48. The van der Waals surface area contributed by atoms with E-state index in [1.165, 1.54) is 12.3 Å². The largest absolute Gasteiger partial charge is 0.418 e. The zero-order valence-corrected chi connectivity index (χ0v) is 16.8. The molecule has 1 aliphatic carbocycles. The van der Waals surface area contributed by atoms with Gasteiger partial charge in [0.15, 0.2) is 0 Å². The average Bonchev–Trinajstić information content (AvgIpc) is 3.26. The molecular formula is C20H19F5N6O. The summed E-state index contributed by atoms with van der Waals surface area (Å²) in [6.07, 6.45) is 1.73. The predicted molar refractivity (Wildman–Crippen MR) is 103 cm³/mol. The van der Waals surface area contributed by atoms with E-state index in [1.807, 2.05) is 0 Å². The van der Waals surface area contributed by atoms with Gasteiger partial charge in [-0.1, -0.05) is 19.3 Å². The molecule has 3 heterocycles. The van der Waals surface area contributed by atoms with E-state index in [2.05, 4.69) is 20.2 Å². The van der Waals surface area contributed by atoms with Crippen LogP contribution >= 0.6 is 0 Å². The van der Waals surface area contributed by atoms with Crippen molar-refractivity contribution in [3.05, 3.63) is 57.9 Å². The van der Waals surface area contributed by atoms with Crippen LogP contribution in [0.1, 0.15) is 61.4 Å². The molecule has 1 aliphatic rings. The van der Waals surface area contributed by atoms with Crippen molar-refractivity contribution in [3.63, 3.8) is 0 Å². The number of hydrogen-bond donors (Lipinski definition) is 0. The minimum absolute atomic E-state index is 0.0362. The van der Waals surface area contributed by atoms with Gasteiger partial charge in [0.2, 0.25) is 5.82 Å². The maximum absolute atomic E-state index is 13.4. The Morgan fingerprint density at radius 3 is 2.50 bits per heavy atom. The number of halogens is 5. The molecule has 0 saturated heterocycles. The summed E-state index contributed by atoms with van der Waals surface area (Å²) >= 11 is 0. The zero-order valence-electron chi connectivity index (χ0n) is 16.8. The highest BCUT2D eigenvalue weighted by atomic mass is 19.4. The van der Waals surface area contributed by atoms with Gasteiger partial charge in [-0.3, -0.25) is 9.78 Å². The van der Waals surface area contributed by atoms with E-state index in [9.17, 15) is 26.7 Å². The van der Waals surface area contributed by atoms with Crippen molar-refractivity contribution in [3.8, 4) is 11.5 Å². The SMILES string of the molecule is O=c1c(C2CCCCC2)cc(-c2ncn(C(F)F)n2)nn1Cc1ncccc1C(F)(F)F. The van der Waals surface area contributed by atoms with Gasteiger partial charge in [-0.2, -0.15) is 31.7 Å². The number of hydrogen-bond acceptors (Lipinski definition) is 5. The molecule has 0 spiro atoms.